The second kappa shape index (κ2) is 6.31. The molecule has 0 aromatic heterocycles. The predicted molar refractivity (Wildman–Crippen MR) is 74.5 cm³/mol. The highest BCUT2D eigenvalue weighted by molar-refractivity contribution is 9.10. The molecular formula is C12H13Br2NO2. The fourth-order valence-corrected chi connectivity index (χ4v) is 2.03. The molecule has 0 saturated heterocycles. The third-order valence-corrected chi connectivity index (χ3v) is 3.53. The molecule has 0 bridgehead atoms. The minimum Gasteiger partial charge on any atom is -0.349 e. The van der Waals surface area contributed by atoms with Crippen molar-refractivity contribution in [1.82, 2.24) is 4.90 Å². The van der Waals surface area contributed by atoms with E-state index in [1.165, 1.54) is 4.90 Å². The van der Waals surface area contributed by atoms with E-state index in [4.69, 9.17) is 0 Å². The number of hydrogen-bond donors (Lipinski definition) is 0. The van der Waals surface area contributed by atoms with Crippen LogP contribution in [0.4, 0.5) is 0 Å². The first-order chi connectivity index (χ1) is 7.91. The van der Waals surface area contributed by atoms with Crippen molar-refractivity contribution in [1.29, 1.82) is 0 Å². The molecule has 92 valence electrons. The van der Waals surface area contributed by atoms with Crippen LogP contribution in [0.5, 0.6) is 0 Å². The third-order valence-electron chi connectivity index (χ3n) is 2.27. The lowest BCUT2D eigenvalue weighted by molar-refractivity contribution is -0.128. The molecule has 0 radical (unpaired) electrons. The van der Waals surface area contributed by atoms with Crippen LogP contribution in [0.25, 0.3) is 0 Å². The van der Waals surface area contributed by atoms with Crippen LogP contribution >= 0.6 is 31.9 Å². The summed E-state index contributed by atoms with van der Waals surface area (Å²) in [4.78, 5) is 24.5. The number of ketones is 1. The number of benzene rings is 1. The van der Waals surface area contributed by atoms with Gasteiger partial charge in [0.2, 0.25) is 5.91 Å². The van der Waals surface area contributed by atoms with Gasteiger partial charge in [0.05, 0.1) is 4.83 Å². The number of amides is 1. The van der Waals surface area contributed by atoms with Crippen LogP contribution in [0, 0.1) is 0 Å². The number of alkyl halides is 1. The summed E-state index contributed by atoms with van der Waals surface area (Å²) in [5.41, 5.74) is 0.599. The largest absolute Gasteiger partial charge is 0.349 e. The van der Waals surface area contributed by atoms with Crippen molar-refractivity contribution in [3.8, 4) is 0 Å². The molecule has 1 rings (SSSR count). The van der Waals surface area contributed by atoms with Gasteiger partial charge in [-0.1, -0.05) is 44.0 Å². The van der Waals surface area contributed by atoms with Crippen molar-refractivity contribution in [3.05, 3.63) is 34.3 Å². The average Bonchev–Trinajstić information content (AvgIpc) is 2.28. The second-order valence-corrected chi connectivity index (χ2v) is 5.85. The Balaban J connectivity index is 2.70. The maximum Gasteiger partial charge on any atom is 0.223 e. The molecule has 1 amide bonds. The zero-order chi connectivity index (χ0) is 13.0. The molecule has 0 fully saturated rings. The minimum absolute atomic E-state index is 0.0719. The van der Waals surface area contributed by atoms with Crippen LogP contribution in [-0.2, 0) is 4.79 Å². The van der Waals surface area contributed by atoms with Crippen LogP contribution in [0.1, 0.15) is 16.8 Å². The number of hydrogen-bond acceptors (Lipinski definition) is 2. The molecule has 0 aliphatic heterocycles. The van der Waals surface area contributed by atoms with E-state index in [1.54, 1.807) is 38.4 Å². The molecule has 0 N–H and O–H groups in total. The summed E-state index contributed by atoms with van der Waals surface area (Å²) in [6.07, 6.45) is 0.169. The van der Waals surface area contributed by atoms with Crippen LogP contribution in [0.15, 0.2) is 28.7 Å². The number of halogens is 2. The number of nitrogens with zero attached hydrogens (tertiary/aromatic N) is 1. The highest BCUT2D eigenvalue weighted by Crippen LogP contribution is 2.17. The zero-order valence-corrected chi connectivity index (χ0v) is 12.8. The number of carbonyl (C=O) groups is 2. The van der Waals surface area contributed by atoms with Crippen LogP contribution in [0.3, 0.4) is 0 Å². The Hall–Kier alpha value is -0.680. The third kappa shape index (κ3) is 4.24. The molecular weight excluding hydrogens is 350 g/mol. The van der Waals surface area contributed by atoms with Gasteiger partial charge in [0.25, 0.3) is 0 Å². The molecule has 1 aromatic carbocycles. The lowest BCUT2D eigenvalue weighted by Gasteiger charge is -2.13. The molecule has 17 heavy (non-hydrogen) atoms. The molecule has 0 saturated carbocycles. The van der Waals surface area contributed by atoms with Gasteiger partial charge in [-0.25, -0.2) is 0 Å². The molecule has 1 aromatic rings. The highest BCUT2D eigenvalue weighted by atomic mass is 79.9. The van der Waals surface area contributed by atoms with Crippen molar-refractivity contribution < 1.29 is 9.59 Å². The van der Waals surface area contributed by atoms with Gasteiger partial charge in [-0.3, -0.25) is 9.59 Å². The molecule has 1 unspecified atom stereocenters. The fraction of sp³-hybridized carbons (Fsp3) is 0.333. The van der Waals surface area contributed by atoms with Gasteiger partial charge in [0.15, 0.2) is 5.78 Å². The van der Waals surface area contributed by atoms with E-state index >= 15 is 0 Å². The van der Waals surface area contributed by atoms with E-state index in [0.29, 0.717) is 5.56 Å². The van der Waals surface area contributed by atoms with Gasteiger partial charge in [-0.05, 0) is 12.1 Å². The summed E-state index contributed by atoms with van der Waals surface area (Å²) in [5.74, 6) is -0.148. The van der Waals surface area contributed by atoms with Gasteiger partial charge in [0.1, 0.15) is 0 Å². The van der Waals surface area contributed by atoms with E-state index in [0.717, 1.165) is 4.47 Å². The molecule has 1 atom stereocenters. The van der Waals surface area contributed by atoms with Gasteiger partial charge in [-0.2, -0.15) is 0 Å². The Morgan fingerprint density at radius 1 is 1.24 bits per heavy atom. The number of Topliss-reactive ketones (excluding diaryl/α,β-unsaturated/α-hetero) is 1. The van der Waals surface area contributed by atoms with E-state index in [-0.39, 0.29) is 18.1 Å². The number of carbonyl (C=O) groups excluding carboxylic acids is 2. The van der Waals surface area contributed by atoms with Crippen molar-refractivity contribution in [2.45, 2.75) is 11.2 Å². The maximum atomic E-state index is 12.0. The topological polar surface area (TPSA) is 37.4 Å². The van der Waals surface area contributed by atoms with Gasteiger partial charge in [0, 0.05) is 30.6 Å². The predicted octanol–water partition coefficient (Wildman–Crippen LogP) is 2.87. The summed E-state index contributed by atoms with van der Waals surface area (Å²) < 4.78 is 0.921. The van der Waals surface area contributed by atoms with Gasteiger partial charge < -0.3 is 4.90 Å². The SMILES string of the molecule is CN(C)C(=O)CC(Br)C(=O)c1ccc(Br)cc1. The summed E-state index contributed by atoms with van der Waals surface area (Å²) >= 11 is 6.57. The first kappa shape index (κ1) is 14.4. The Morgan fingerprint density at radius 3 is 2.24 bits per heavy atom. The van der Waals surface area contributed by atoms with Crippen molar-refractivity contribution >= 4 is 43.6 Å². The quantitative estimate of drug-likeness (QED) is 0.610. The smallest absolute Gasteiger partial charge is 0.223 e. The van der Waals surface area contributed by atoms with Crippen molar-refractivity contribution in [3.63, 3.8) is 0 Å². The van der Waals surface area contributed by atoms with E-state index in [2.05, 4.69) is 31.9 Å². The summed E-state index contributed by atoms with van der Waals surface area (Å²) in [6, 6.07) is 7.09. The Labute approximate surface area is 117 Å². The van der Waals surface area contributed by atoms with Crippen LogP contribution in [0.2, 0.25) is 0 Å². The first-order valence-corrected chi connectivity index (χ1v) is 6.76. The standard InChI is InChI=1S/C12H13Br2NO2/c1-15(2)11(16)7-10(14)12(17)8-3-5-9(13)6-4-8/h3-6,10H,7H2,1-2H3. The minimum atomic E-state index is -0.474. The fourth-order valence-electron chi connectivity index (χ4n) is 1.22. The molecule has 0 aliphatic rings. The highest BCUT2D eigenvalue weighted by Gasteiger charge is 2.20. The summed E-state index contributed by atoms with van der Waals surface area (Å²) in [6.45, 7) is 0. The summed E-state index contributed by atoms with van der Waals surface area (Å²) in [5, 5.41) is 0. The van der Waals surface area contributed by atoms with Crippen LogP contribution < -0.4 is 0 Å². The summed E-state index contributed by atoms with van der Waals surface area (Å²) in [7, 11) is 3.35. The van der Waals surface area contributed by atoms with Crippen LogP contribution in [-0.4, -0.2) is 35.5 Å². The lowest BCUT2D eigenvalue weighted by Crippen LogP contribution is -2.27. The molecule has 0 heterocycles. The number of rotatable bonds is 4. The van der Waals surface area contributed by atoms with Gasteiger partial charge in [-0.15, -0.1) is 0 Å². The second-order valence-electron chi connectivity index (χ2n) is 3.83. The lowest BCUT2D eigenvalue weighted by atomic mass is 10.1. The average molecular weight is 363 g/mol. The monoisotopic (exact) mass is 361 g/mol. The zero-order valence-electron chi connectivity index (χ0n) is 9.61. The van der Waals surface area contributed by atoms with Crippen molar-refractivity contribution in [2.75, 3.05) is 14.1 Å². The molecule has 0 spiro atoms. The Bertz CT molecular complexity index is 415. The van der Waals surface area contributed by atoms with E-state index < -0.39 is 4.83 Å². The van der Waals surface area contributed by atoms with Crippen molar-refractivity contribution in [2.24, 2.45) is 0 Å². The maximum absolute atomic E-state index is 12.0. The Kier molecular flexibility index (Phi) is 5.33. The molecule has 3 nitrogen and oxygen atoms in total. The first-order valence-electron chi connectivity index (χ1n) is 5.06. The van der Waals surface area contributed by atoms with Gasteiger partial charge >= 0.3 is 0 Å². The Morgan fingerprint density at radius 2 is 1.76 bits per heavy atom. The van der Waals surface area contributed by atoms with E-state index in [9.17, 15) is 9.59 Å². The molecule has 0 aliphatic carbocycles. The molecule has 5 heteroatoms. The van der Waals surface area contributed by atoms with E-state index in [1.807, 2.05) is 0 Å². The normalized spacial score (nSPS) is 12.0.